The van der Waals surface area contributed by atoms with Gasteiger partial charge in [0.1, 0.15) is 10.6 Å². The average molecular weight is 374 g/mol. The maximum Gasteiger partial charge on any atom is 0.300 e. The molecule has 1 aliphatic carbocycles. The second-order valence-electron chi connectivity index (χ2n) is 6.12. The summed E-state index contributed by atoms with van der Waals surface area (Å²) >= 11 is 5.85. The standard InChI is InChI=1S/C18H16ClN3O4/c1-10-5-6-11(17(23)20-12-7-8-12)9-15(10)21-18(24)13-3-2-4-14(19)16(13)22(25)26/h2-6,9,12H,7-8H2,1H3,(H,20,23)(H,21,24). The zero-order valence-corrected chi connectivity index (χ0v) is 14.7. The topological polar surface area (TPSA) is 101 Å². The molecule has 0 radical (unpaired) electrons. The molecule has 2 amide bonds. The van der Waals surface area contributed by atoms with Crippen LogP contribution in [0.3, 0.4) is 0 Å². The Labute approximate surface area is 154 Å². The Morgan fingerprint density at radius 3 is 2.58 bits per heavy atom. The van der Waals surface area contributed by atoms with E-state index in [1.807, 2.05) is 0 Å². The SMILES string of the molecule is Cc1ccc(C(=O)NC2CC2)cc1NC(=O)c1cccc(Cl)c1[N+](=O)[O-]. The van der Waals surface area contributed by atoms with Crippen LogP contribution in [-0.2, 0) is 0 Å². The van der Waals surface area contributed by atoms with Crippen molar-refractivity contribution in [2.75, 3.05) is 5.32 Å². The molecule has 2 aromatic rings. The minimum Gasteiger partial charge on any atom is -0.349 e. The number of carbonyl (C=O) groups is 2. The molecular formula is C18H16ClN3O4. The lowest BCUT2D eigenvalue weighted by atomic mass is 10.1. The Balaban J connectivity index is 1.86. The first-order chi connectivity index (χ1) is 12.4. The van der Waals surface area contributed by atoms with Gasteiger partial charge in [0.2, 0.25) is 0 Å². The molecule has 7 nitrogen and oxygen atoms in total. The number of para-hydroxylation sites is 1. The summed E-state index contributed by atoms with van der Waals surface area (Å²) in [5.41, 5.74) is 0.957. The molecule has 26 heavy (non-hydrogen) atoms. The van der Waals surface area contributed by atoms with E-state index in [9.17, 15) is 19.7 Å². The van der Waals surface area contributed by atoms with Gasteiger partial charge in [-0.15, -0.1) is 0 Å². The number of rotatable bonds is 5. The molecule has 3 rings (SSSR count). The van der Waals surface area contributed by atoms with Crippen LogP contribution < -0.4 is 10.6 Å². The Bertz CT molecular complexity index is 909. The molecule has 134 valence electrons. The summed E-state index contributed by atoms with van der Waals surface area (Å²) in [5, 5.41) is 16.6. The number of nitrogens with one attached hydrogen (secondary N) is 2. The Morgan fingerprint density at radius 1 is 1.19 bits per heavy atom. The van der Waals surface area contributed by atoms with Gasteiger partial charge in [-0.25, -0.2) is 0 Å². The molecule has 0 aliphatic heterocycles. The van der Waals surface area contributed by atoms with Gasteiger partial charge >= 0.3 is 5.69 Å². The summed E-state index contributed by atoms with van der Waals surface area (Å²) in [6.45, 7) is 1.77. The van der Waals surface area contributed by atoms with Gasteiger partial charge in [0.05, 0.1) is 4.92 Å². The molecule has 0 aromatic heterocycles. The van der Waals surface area contributed by atoms with Crippen LogP contribution in [-0.4, -0.2) is 22.8 Å². The average Bonchev–Trinajstić information content (AvgIpc) is 3.40. The van der Waals surface area contributed by atoms with Crippen molar-refractivity contribution in [1.82, 2.24) is 5.32 Å². The lowest BCUT2D eigenvalue weighted by Crippen LogP contribution is -2.25. The summed E-state index contributed by atoms with van der Waals surface area (Å²) in [4.78, 5) is 35.2. The van der Waals surface area contributed by atoms with E-state index in [0.29, 0.717) is 11.3 Å². The highest BCUT2D eigenvalue weighted by Gasteiger charge is 2.25. The number of hydrogen-bond donors (Lipinski definition) is 2. The molecule has 2 aromatic carbocycles. The fourth-order valence-corrected chi connectivity index (χ4v) is 2.71. The second kappa shape index (κ2) is 7.13. The summed E-state index contributed by atoms with van der Waals surface area (Å²) in [6.07, 6.45) is 1.94. The van der Waals surface area contributed by atoms with Crippen LogP contribution in [0, 0.1) is 17.0 Å². The van der Waals surface area contributed by atoms with Crippen molar-refractivity contribution < 1.29 is 14.5 Å². The number of nitro benzene ring substituents is 1. The third-order valence-corrected chi connectivity index (χ3v) is 4.38. The first-order valence-electron chi connectivity index (χ1n) is 8.02. The number of anilines is 1. The van der Waals surface area contributed by atoms with Gasteiger partial charge in [-0.2, -0.15) is 0 Å². The lowest BCUT2D eigenvalue weighted by Gasteiger charge is -2.11. The largest absolute Gasteiger partial charge is 0.349 e. The van der Waals surface area contributed by atoms with Gasteiger partial charge in [0.15, 0.2) is 0 Å². The number of benzene rings is 2. The van der Waals surface area contributed by atoms with Gasteiger partial charge < -0.3 is 10.6 Å². The zero-order chi connectivity index (χ0) is 18.8. The number of hydrogen-bond acceptors (Lipinski definition) is 4. The zero-order valence-electron chi connectivity index (χ0n) is 13.9. The molecule has 1 saturated carbocycles. The first kappa shape index (κ1) is 17.9. The third kappa shape index (κ3) is 3.83. The highest BCUT2D eigenvalue weighted by atomic mass is 35.5. The van der Waals surface area contributed by atoms with Crippen molar-refractivity contribution in [1.29, 1.82) is 0 Å². The van der Waals surface area contributed by atoms with Gasteiger partial charge in [0.25, 0.3) is 11.8 Å². The summed E-state index contributed by atoms with van der Waals surface area (Å²) in [5.74, 6) is -0.876. The molecule has 1 fully saturated rings. The van der Waals surface area contributed by atoms with E-state index >= 15 is 0 Å². The van der Waals surface area contributed by atoms with E-state index in [-0.39, 0.29) is 22.5 Å². The van der Waals surface area contributed by atoms with Gasteiger partial charge in [-0.05, 0) is 49.6 Å². The normalized spacial score (nSPS) is 13.2. The lowest BCUT2D eigenvalue weighted by molar-refractivity contribution is -0.385. The number of aryl methyl sites for hydroxylation is 1. The minimum atomic E-state index is -0.691. The van der Waals surface area contributed by atoms with E-state index in [1.54, 1.807) is 25.1 Å². The quantitative estimate of drug-likeness (QED) is 0.616. The van der Waals surface area contributed by atoms with Crippen molar-refractivity contribution in [3.63, 3.8) is 0 Å². The molecule has 0 bridgehead atoms. The summed E-state index contributed by atoms with van der Waals surface area (Å²) in [6, 6.07) is 9.31. The van der Waals surface area contributed by atoms with Gasteiger partial charge in [-0.3, -0.25) is 19.7 Å². The van der Waals surface area contributed by atoms with Crippen molar-refractivity contribution in [3.05, 3.63) is 68.2 Å². The number of halogens is 1. The van der Waals surface area contributed by atoms with Gasteiger partial charge in [-0.1, -0.05) is 23.7 Å². The first-order valence-corrected chi connectivity index (χ1v) is 8.40. The van der Waals surface area contributed by atoms with Crippen molar-refractivity contribution in [2.24, 2.45) is 0 Å². The Morgan fingerprint density at radius 2 is 1.92 bits per heavy atom. The van der Waals surface area contributed by atoms with Crippen LogP contribution in [0.25, 0.3) is 0 Å². The van der Waals surface area contributed by atoms with E-state index in [2.05, 4.69) is 10.6 Å². The molecule has 0 spiro atoms. The fourth-order valence-electron chi connectivity index (χ4n) is 2.47. The number of carbonyl (C=O) groups excluding carboxylic acids is 2. The fraction of sp³-hybridized carbons (Fsp3) is 0.222. The highest BCUT2D eigenvalue weighted by Crippen LogP contribution is 2.29. The molecule has 0 heterocycles. The van der Waals surface area contributed by atoms with E-state index in [4.69, 9.17) is 11.6 Å². The molecule has 1 aliphatic rings. The molecule has 2 N–H and O–H groups in total. The predicted molar refractivity (Wildman–Crippen MR) is 97.7 cm³/mol. The number of amides is 2. The Hall–Kier alpha value is -2.93. The van der Waals surface area contributed by atoms with Crippen LogP contribution in [0.15, 0.2) is 36.4 Å². The molecular weight excluding hydrogens is 358 g/mol. The number of nitrogens with zero attached hydrogens (tertiary/aromatic N) is 1. The van der Waals surface area contributed by atoms with E-state index < -0.39 is 16.5 Å². The molecule has 8 heteroatoms. The molecule has 0 unspecified atom stereocenters. The van der Waals surface area contributed by atoms with E-state index in [1.165, 1.54) is 18.2 Å². The highest BCUT2D eigenvalue weighted by molar-refractivity contribution is 6.33. The van der Waals surface area contributed by atoms with Crippen LogP contribution in [0.1, 0.15) is 39.1 Å². The molecule has 0 atom stereocenters. The van der Waals surface area contributed by atoms with E-state index in [0.717, 1.165) is 18.4 Å². The van der Waals surface area contributed by atoms with Crippen molar-refractivity contribution in [2.45, 2.75) is 25.8 Å². The van der Waals surface area contributed by atoms with Crippen LogP contribution >= 0.6 is 11.6 Å². The maximum absolute atomic E-state index is 12.5. The minimum absolute atomic E-state index is 0.114. The monoisotopic (exact) mass is 373 g/mol. The summed E-state index contributed by atoms with van der Waals surface area (Å²) < 4.78 is 0. The second-order valence-corrected chi connectivity index (χ2v) is 6.53. The predicted octanol–water partition coefficient (Wildman–Crippen LogP) is 3.70. The smallest absolute Gasteiger partial charge is 0.300 e. The number of nitro groups is 1. The third-order valence-electron chi connectivity index (χ3n) is 4.07. The maximum atomic E-state index is 12.5. The Kier molecular flexibility index (Phi) is 4.90. The van der Waals surface area contributed by atoms with Crippen LogP contribution in [0.2, 0.25) is 5.02 Å². The van der Waals surface area contributed by atoms with Crippen molar-refractivity contribution >= 4 is 34.8 Å². The summed E-state index contributed by atoms with van der Waals surface area (Å²) in [7, 11) is 0. The van der Waals surface area contributed by atoms with Gasteiger partial charge in [0, 0.05) is 17.3 Å². The van der Waals surface area contributed by atoms with Crippen molar-refractivity contribution in [3.8, 4) is 0 Å². The van der Waals surface area contributed by atoms with Crippen LogP contribution in [0.5, 0.6) is 0 Å². The molecule has 0 saturated heterocycles. The van der Waals surface area contributed by atoms with Crippen LogP contribution in [0.4, 0.5) is 11.4 Å².